The fourth-order valence-electron chi connectivity index (χ4n) is 2.28. The summed E-state index contributed by atoms with van der Waals surface area (Å²) in [6, 6.07) is 7.50. The number of hydrogen-bond acceptors (Lipinski definition) is 3. The number of anilines is 1. The minimum absolute atomic E-state index is 0.177. The maximum Gasteiger partial charge on any atom is 0.227 e. The number of fused-ring (bicyclic) bond motifs is 1. The molecule has 1 N–H and O–H groups in total. The van der Waals surface area contributed by atoms with Crippen LogP contribution in [0.4, 0.5) is 27.6 Å². The van der Waals surface area contributed by atoms with Crippen molar-refractivity contribution in [2.45, 2.75) is 0 Å². The Labute approximate surface area is 131 Å². The molecule has 0 spiro atoms. The molecular formula is C16H6F5NO2. The Balaban J connectivity index is 2.20. The van der Waals surface area contributed by atoms with E-state index < -0.39 is 57.5 Å². The molecule has 3 nitrogen and oxygen atoms in total. The van der Waals surface area contributed by atoms with Gasteiger partial charge in [-0.05, 0) is 12.1 Å². The molecule has 8 heteroatoms. The molecule has 2 aromatic carbocycles. The van der Waals surface area contributed by atoms with E-state index in [9.17, 15) is 31.5 Å². The molecule has 0 saturated carbocycles. The summed E-state index contributed by atoms with van der Waals surface area (Å²) in [5.74, 6) is -13.7. The quantitative estimate of drug-likeness (QED) is 0.513. The second-order valence-electron chi connectivity index (χ2n) is 4.84. The van der Waals surface area contributed by atoms with E-state index in [2.05, 4.69) is 5.32 Å². The molecule has 0 aromatic heterocycles. The summed E-state index contributed by atoms with van der Waals surface area (Å²) in [5, 5.41) is 2.26. The van der Waals surface area contributed by atoms with Gasteiger partial charge in [0.15, 0.2) is 29.1 Å². The van der Waals surface area contributed by atoms with Crippen LogP contribution in [0.1, 0.15) is 20.7 Å². The SMILES string of the molecule is O=C1C(F)=C(Nc2ccccc2)C(=O)c2c(F)c(F)c(F)c(F)c21. The van der Waals surface area contributed by atoms with E-state index >= 15 is 0 Å². The number of rotatable bonds is 2. The predicted molar refractivity (Wildman–Crippen MR) is 73.1 cm³/mol. The Morgan fingerprint density at radius 3 is 1.71 bits per heavy atom. The lowest BCUT2D eigenvalue weighted by Crippen LogP contribution is -2.28. The van der Waals surface area contributed by atoms with Crippen molar-refractivity contribution in [3.05, 3.63) is 76.3 Å². The monoisotopic (exact) mass is 339 g/mol. The summed E-state index contributed by atoms with van der Waals surface area (Å²) in [7, 11) is 0. The highest BCUT2D eigenvalue weighted by Gasteiger charge is 2.41. The van der Waals surface area contributed by atoms with Gasteiger partial charge in [-0.1, -0.05) is 18.2 Å². The Morgan fingerprint density at radius 2 is 1.17 bits per heavy atom. The van der Waals surface area contributed by atoms with Crippen molar-refractivity contribution in [3.8, 4) is 0 Å². The molecule has 0 bridgehead atoms. The largest absolute Gasteiger partial charge is 0.350 e. The Kier molecular flexibility index (Phi) is 3.67. The van der Waals surface area contributed by atoms with E-state index in [-0.39, 0.29) is 5.69 Å². The Hall–Kier alpha value is -3.03. The number of hydrogen-bond donors (Lipinski definition) is 1. The van der Waals surface area contributed by atoms with Crippen LogP contribution in [-0.4, -0.2) is 11.6 Å². The molecule has 1 aliphatic carbocycles. The van der Waals surface area contributed by atoms with E-state index in [0.29, 0.717) is 0 Å². The van der Waals surface area contributed by atoms with Crippen LogP contribution in [-0.2, 0) is 0 Å². The molecule has 2 aromatic rings. The van der Waals surface area contributed by atoms with Crippen molar-refractivity contribution >= 4 is 17.3 Å². The number of benzene rings is 2. The van der Waals surface area contributed by atoms with Crippen LogP contribution in [0.15, 0.2) is 41.9 Å². The van der Waals surface area contributed by atoms with Crippen molar-refractivity contribution in [3.63, 3.8) is 0 Å². The van der Waals surface area contributed by atoms with E-state index in [0.717, 1.165) is 0 Å². The number of para-hydroxylation sites is 1. The first kappa shape index (κ1) is 15.9. The topological polar surface area (TPSA) is 46.2 Å². The third kappa shape index (κ3) is 2.18. The lowest BCUT2D eigenvalue weighted by atomic mass is 9.90. The smallest absolute Gasteiger partial charge is 0.227 e. The van der Waals surface area contributed by atoms with Crippen LogP contribution in [0.3, 0.4) is 0 Å². The molecule has 0 atom stereocenters. The Bertz CT molecular complexity index is 922. The molecule has 24 heavy (non-hydrogen) atoms. The summed E-state index contributed by atoms with van der Waals surface area (Å²) in [6.45, 7) is 0. The summed E-state index contributed by atoms with van der Waals surface area (Å²) < 4.78 is 68.3. The lowest BCUT2D eigenvalue weighted by molar-refractivity contribution is 0.0945. The van der Waals surface area contributed by atoms with Gasteiger partial charge in [0.1, 0.15) is 5.70 Å². The van der Waals surface area contributed by atoms with Crippen LogP contribution in [0.5, 0.6) is 0 Å². The summed E-state index contributed by atoms with van der Waals surface area (Å²) in [6.07, 6.45) is 0. The van der Waals surface area contributed by atoms with Gasteiger partial charge in [-0.2, -0.15) is 0 Å². The number of carbonyl (C=O) groups is 2. The minimum Gasteiger partial charge on any atom is -0.350 e. The van der Waals surface area contributed by atoms with Gasteiger partial charge in [0.25, 0.3) is 0 Å². The van der Waals surface area contributed by atoms with Crippen molar-refractivity contribution < 1.29 is 31.5 Å². The van der Waals surface area contributed by atoms with Crippen LogP contribution in [0, 0.1) is 23.3 Å². The molecule has 0 amide bonds. The van der Waals surface area contributed by atoms with Crippen molar-refractivity contribution in [1.82, 2.24) is 0 Å². The van der Waals surface area contributed by atoms with E-state index in [4.69, 9.17) is 0 Å². The highest BCUT2D eigenvalue weighted by atomic mass is 19.2. The second-order valence-corrected chi connectivity index (χ2v) is 4.84. The molecule has 122 valence electrons. The molecule has 0 fully saturated rings. The predicted octanol–water partition coefficient (Wildman–Crippen LogP) is 3.92. The van der Waals surface area contributed by atoms with Crippen molar-refractivity contribution in [1.29, 1.82) is 0 Å². The van der Waals surface area contributed by atoms with E-state index in [1.54, 1.807) is 6.07 Å². The van der Waals surface area contributed by atoms with Gasteiger partial charge >= 0.3 is 0 Å². The zero-order valence-corrected chi connectivity index (χ0v) is 11.6. The number of carbonyl (C=O) groups excluding carboxylic acids is 2. The maximum atomic E-state index is 14.1. The van der Waals surface area contributed by atoms with Crippen molar-refractivity contribution in [2.24, 2.45) is 0 Å². The minimum atomic E-state index is -2.29. The van der Waals surface area contributed by atoms with Gasteiger partial charge in [-0.25, -0.2) is 22.0 Å². The first-order valence-electron chi connectivity index (χ1n) is 6.51. The van der Waals surface area contributed by atoms with E-state index in [1.165, 1.54) is 24.3 Å². The standard InChI is InChI=1S/C16H6F5NO2/c17-9-7-8(10(18)12(20)11(9)19)16(24)14(13(21)15(7)23)22-6-4-2-1-3-5-6/h1-5,22H. The van der Waals surface area contributed by atoms with Gasteiger partial charge in [0, 0.05) is 5.69 Å². The first-order chi connectivity index (χ1) is 11.3. The fraction of sp³-hybridized carbons (Fsp3) is 0. The van der Waals surface area contributed by atoms with Gasteiger partial charge in [-0.15, -0.1) is 0 Å². The molecule has 0 saturated heterocycles. The Morgan fingerprint density at radius 1 is 0.667 bits per heavy atom. The summed E-state index contributed by atoms with van der Waals surface area (Å²) in [5.41, 5.74) is -3.62. The lowest BCUT2D eigenvalue weighted by Gasteiger charge is -2.19. The highest BCUT2D eigenvalue weighted by Crippen LogP contribution is 2.33. The zero-order valence-electron chi connectivity index (χ0n) is 11.6. The number of nitrogens with one attached hydrogen (secondary N) is 1. The molecule has 0 unspecified atom stereocenters. The van der Waals surface area contributed by atoms with Crippen molar-refractivity contribution in [2.75, 3.05) is 5.32 Å². The zero-order chi connectivity index (χ0) is 17.6. The average Bonchev–Trinajstić information content (AvgIpc) is 2.59. The number of Topliss-reactive ketones (excluding diaryl/α,β-unsaturated/α-hetero) is 2. The van der Waals surface area contributed by atoms with E-state index in [1.807, 2.05) is 0 Å². The van der Waals surface area contributed by atoms with Crippen LogP contribution in [0.25, 0.3) is 0 Å². The third-order valence-electron chi connectivity index (χ3n) is 3.41. The summed E-state index contributed by atoms with van der Waals surface area (Å²) >= 11 is 0. The number of ketones is 2. The molecule has 0 radical (unpaired) electrons. The molecular weight excluding hydrogens is 333 g/mol. The molecule has 0 aliphatic heterocycles. The van der Waals surface area contributed by atoms with Crippen LogP contribution < -0.4 is 5.32 Å². The fourth-order valence-corrected chi connectivity index (χ4v) is 2.28. The van der Waals surface area contributed by atoms with Gasteiger partial charge in [0.05, 0.1) is 11.1 Å². The maximum absolute atomic E-state index is 14.1. The average molecular weight is 339 g/mol. The molecule has 3 rings (SSSR count). The van der Waals surface area contributed by atoms with Crippen LogP contribution in [0.2, 0.25) is 0 Å². The first-order valence-corrected chi connectivity index (χ1v) is 6.51. The van der Waals surface area contributed by atoms with Crippen LogP contribution >= 0.6 is 0 Å². The highest BCUT2D eigenvalue weighted by molar-refractivity contribution is 6.27. The molecule has 1 aliphatic rings. The number of halogens is 5. The normalized spacial score (nSPS) is 14.0. The van der Waals surface area contributed by atoms with Gasteiger partial charge in [0.2, 0.25) is 11.6 Å². The number of allylic oxidation sites excluding steroid dienone is 2. The van der Waals surface area contributed by atoms with Gasteiger partial charge in [-0.3, -0.25) is 9.59 Å². The molecule has 0 heterocycles. The summed E-state index contributed by atoms with van der Waals surface area (Å²) in [4.78, 5) is 24.1. The third-order valence-corrected chi connectivity index (χ3v) is 3.41. The second kappa shape index (κ2) is 5.55. The van der Waals surface area contributed by atoms with Gasteiger partial charge < -0.3 is 5.32 Å².